The van der Waals surface area contributed by atoms with Crippen LogP contribution in [-0.2, 0) is 0 Å². The molecule has 0 N–H and O–H groups in total. The zero-order valence-electron chi connectivity index (χ0n) is 10.3. The zero-order chi connectivity index (χ0) is 13.1. The van der Waals surface area contributed by atoms with Crippen LogP contribution in [0.3, 0.4) is 0 Å². The van der Waals surface area contributed by atoms with E-state index in [0.717, 1.165) is 10.6 Å². The number of benzene rings is 1. The Hall–Kier alpha value is -0.760. The Kier molecular flexibility index (Phi) is 4.50. The maximum atomic E-state index is 6.19. The molecule has 1 heterocycles. The molecule has 0 saturated carbocycles. The summed E-state index contributed by atoms with van der Waals surface area (Å²) < 4.78 is 0. The average molecular weight is 297 g/mol. The maximum Gasteiger partial charge on any atom is 0.0517 e. The third kappa shape index (κ3) is 3.17. The third-order valence-electron chi connectivity index (χ3n) is 2.76. The quantitative estimate of drug-likeness (QED) is 0.600. The number of hydrogen-bond acceptors (Lipinski definition) is 1. The predicted molar refractivity (Wildman–Crippen MR) is 83.7 cm³/mol. The van der Waals surface area contributed by atoms with Gasteiger partial charge in [0.1, 0.15) is 0 Å². The molecule has 0 fully saturated rings. The fourth-order valence-corrected chi connectivity index (χ4v) is 2.99. The molecular formula is C15H14Cl2S. The first-order valence-corrected chi connectivity index (χ1v) is 7.38. The van der Waals surface area contributed by atoms with Crippen molar-refractivity contribution in [1.82, 2.24) is 0 Å². The molecule has 1 aromatic carbocycles. The summed E-state index contributed by atoms with van der Waals surface area (Å²) in [6.45, 7) is 4.03. The van der Waals surface area contributed by atoms with Crippen molar-refractivity contribution in [1.29, 1.82) is 0 Å². The van der Waals surface area contributed by atoms with Crippen LogP contribution in [-0.4, -0.2) is 5.38 Å². The normalized spacial score (nSPS) is 13.7. The first-order chi connectivity index (χ1) is 8.58. The Labute approximate surface area is 122 Å². The van der Waals surface area contributed by atoms with E-state index in [0.29, 0.717) is 0 Å². The molecule has 0 amide bonds. The van der Waals surface area contributed by atoms with E-state index in [1.165, 1.54) is 15.3 Å². The van der Waals surface area contributed by atoms with Gasteiger partial charge in [0.2, 0.25) is 0 Å². The van der Waals surface area contributed by atoms with Crippen molar-refractivity contribution < 1.29 is 0 Å². The Morgan fingerprint density at radius 1 is 1.22 bits per heavy atom. The van der Waals surface area contributed by atoms with Crippen molar-refractivity contribution in [3.05, 3.63) is 51.9 Å². The molecule has 2 rings (SSSR count). The van der Waals surface area contributed by atoms with Crippen molar-refractivity contribution in [3.8, 4) is 10.4 Å². The van der Waals surface area contributed by atoms with Crippen LogP contribution in [0.4, 0.5) is 0 Å². The maximum absolute atomic E-state index is 6.19. The van der Waals surface area contributed by atoms with Crippen LogP contribution in [0.5, 0.6) is 0 Å². The van der Waals surface area contributed by atoms with Gasteiger partial charge >= 0.3 is 0 Å². The molecule has 1 unspecified atom stereocenters. The molecule has 0 radical (unpaired) electrons. The van der Waals surface area contributed by atoms with Gasteiger partial charge in [-0.05, 0) is 38.1 Å². The van der Waals surface area contributed by atoms with Crippen LogP contribution in [0.1, 0.15) is 18.7 Å². The summed E-state index contributed by atoms with van der Waals surface area (Å²) in [6.07, 6.45) is 2.13. The molecule has 0 nitrogen and oxygen atoms in total. The lowest BCUT2D eigenvalue weighted by Crippen LogP contribution is -1.90. The Morgan fingerprint density at radius 2 is 1.94 bits per heavy atom. The molecule has 0 aliphatic rings. The topological polar surface area (TPSA) is 0 Å². The fraction of sp³-hybridized carbons (Fsp3) is 0.200. The standard InChI is InChI=1S/C15H14Cl2S/c1-10(11(2)16)9-12-7-8-15(18-12)13-5-3-4-6-14(13)17/h3-9,11H,1-2H3/b10-9+. The molecule has 3 heteroatoms. The molecule has 0 aliphatic carbocycles. The second-order valence-electron chi connectivity index (χ2n) is 4.19. The van der Waals surface area contributed by atoms with Crippen molar-refractivity contribution in [2.24, 2.45) is 0 Å². The predicted octanol–water partition coefficient (Wildman–Crippen LogP) is 6.10. The summed E-state index contributed by atoms with van der Waals surface area (Å²) in [5.41, 5.74) is 2.25. The highest BCUT2D eigenvalue weighted by Gasteiger charge is 2.06. The van der Waals surface area contributed by atoms with E-state index in [1.807, 2.05) is 38.1 Å². The van der Waals surface area contributed by atoms with Gasteiger partial charge < -0.3 is 0 Å². The van der Waals surface area contributed by atoms with E-state index in [2.05, 4.69) is 18.2 Å². The van der Waals surface area contributed by atoms with E-state index in [-0.39, 0.29) is 5.38 Å². The SMILES string of the molecule is C/C(=C\c1ccc(-c2ccccc2Cl)s1)C(C)Cl. The molecular weight excluding hydrogens is 283 g/mol. The zero-order valence-corrected chi connectivity index (χ0v) is 12.6. The largest absolute Gasteiger partial charge is 0.136 e. The molecule has 0 saturated heterocycles. The van der Waals surface area contributed by atoms with E-state index < -0.39 is 0 Å². The molecule has 2 aromatic rings. The average Bonchev–Trinajstić information content (AvgIpc) is 2.77. The first-order valence-electron chi connectivity index (χ1n) is 5.75. The third-order valence-corrected chi connectivity index (χ3v) is 4.50. The first kappa shape index (κ1) is 13.7. The van der Waals surface area contributed by atoms with Crippen molar-refractivity contribution in [2.45, 2.75) is 19.2 Å². The summed E-state index contributed by atoms with van der Waals surface area (Å²) in [6, 6.07) is 12.1. The number of allylic oxidation sites excluding steroid dienone is 1. The van der Waals surface area contributed by atoms with E-state index in [4.69, 9.17) is 23.2 Å². The van der Waals surface area contributed by atoms with Crippen LogP contribution in [0, 0.1) is 0 Å². The van der Waals surface area contributed by atoms with Crippen LogP contribution in [0.2, 0.25) is 5.02 Å². The molecule has 1 aromatic heterocycles. The summed E-state index contributed by atoms with van der Waals surface area (Å²) in [4.78, 5) is 2.39. The van der Waals surface area contributed by atoms with Gasteiger partial charge in [0, 0.05) is 20.3 Å². The Bertz CT molecular complexity index is 567. The van der Waals surface area contributed by atoms with Crippen LogP contribution in [0.15, 0.2) is 42.0 Å². The number of rotatable bonds is 3. The van der Waals surface area contributed by atoms with Gasteiger partial charge in [0.05, 0.1) is 5.38 Å². The minimum Gasteiger partial charge on any atom is -0.136 e. The minimum atomic E-state index is 0.0656. The van der Waals surface area contributed by atoms with E-state index in [1.54, 1.807) is 11.3 Å². The Morgan fingerprint density at radius 3 is 2.61 bits per heavy atom. The fourth-order valence-electron chi connectivity index (χ4n) is 1.58. The highest BCUT2D eigenvalue weighted by molar-refractivity contribution is 7.16. The lowest BCUT2D eigenvalue weighted by atomic mass is 10.2. The minimum absolute atomic E-state index is 0.0656. The smallest absolute Gasteiger partial charge is 0.0517 e. The summed E-state index contributed by atoms with van der Waals surface area (Å²) >= 11 is 14.0. The van der Waals surface area contributed by atoms with Crippen molar-refractivity contribution in [3.63, 3.8) is 0 Å². The van der Waals surface area contributed by atoms with Crippen LogP contribution in [0.25, 0.3) is 16.5 Å². The van der Waals surface area contributed by atoms with Gasteiger partial charge in [-0.2, -0.15) is 0 Å². The summed E-state index contributed by atoms with van der Waals surface area (Å²) in [5, 5.41) is 0.855. The molecule has 0 aliphatic heterocycles. The molecule has 1 atom stereocenters. The van der Waals surface area contributed by atoms with Crippen LogP contribution >= 0.6 is 34.5 Å². The highest BCUT2D eigenvalue weighted by atomic mass is 35.5. The van der Waals surface area contributed by atoms with E-state index >= 15 is 0 Å². The lowest BCUT2D eigenvalue weighted by Gasteiger charge is -2.01. The Balaban J connectivity index is 2.32. The van der Waals surface area contributed by atoms with Gasteiger partial charge in [0.25, 0.3) is 0 Å². The number of halogens is 2. The van der Waals surface area contributed by atoms with E-state index in [9.17, 15) is 0 Å². The van der Waals surface area contributed by atoms with Crippen molar-refractivity contribution >= 4 is 40.6 Å². The molecule has 18 heavy (non-hydrogen) atoms. The highest BCUT2D eigenvalue weighted by Crippen LogP contribution is 2.34. The van der Waals surface area contributed by atoms with Gasteiger partial charge in [-0.1, -0.05) is 35.4 Å². The number of thiophene rings is 1. The van der Waals surface area contributed by atoms with Gasteiger partial charge in [-0.3, -0.25) is 0 Å². The van der Waals surface area contributed by atoms with Gasteiger partial charge in [-0.15, -0.1) is 22.9 Å². The summed E-state index contributed by atoms with van der Waals surface area (Å²) in [7, 11) is 0. The van der Waals surface area contributed by atoms with Gasteiger partial charge in [0.15, 0.2) is 0 Å². The monoisotopic (exact) mass is 296 g/mol. The van der Waals surface area contributed by atoms with Crippen molar-refractivity contribution in [2.75, 3.05) is 0 Å². The molecule has 0 spiro atoms. The number of alkyl halides is 1. The lowest BCUT2D eigenvalue weighted by molar-refractivity contribution is 1.12. The second-order valence-corrected chi connectivity index (χ2v) is 6.36. The molecule has 0 bridgehead atoms. The van der Waals surface area contributed by atoms with Gasteiger partial charge in [-0.25, -0.2) is 0 Å². The summed E-state index contributed by atoms with van der Waals surface area (Å²) in [5.74, 6) is 0. The van der Waals surface area contributed by atoms with Crippen LogP contribution < -0.4 is 0 Å². The number of hydrogen-bond donors (Lipinski definition) is 0. The second kappa shape index (κ2) is 5.92. The molecule has 94 valence electrons.